The fourth-order valence-corrected chi connectivity index (χ4v) is 5.46. The van der Waals surface area contributed by atoms with Gasteiger partial charge in [0, 0.05) is 40.3 Å². The Bertz CT molecular complexity index is 1180. The van der Waals surface area contributed by atoms with Crippen LogP contribution in [0.2, 0.25) is 5.02 Å². The Morgan fingerprint density at radius 2 is 2.19 bits per heavy atom. The molecule has 10 heteroatoms. The molecule has 3 heterocycles. The van der Waals surface area contributed by atoms with Crippen molar-refractivity contribution in [2.24, 2.45) is 5.73 Å². The quantitative estimate of drug-likeness (QED) is 0.498. The predicted octanol–water partition coefficient (Wildman–Crippen LogP) is 3.16. The van der Waals surface area contributed by atoms with Crippen LogP contribution in [-0.4, -0.2) is 51.7 Å². The van der Waals surface area contributed by atoms with Crippen LogP contribution in [0.1, 0.15) is 43.7 Å². The number of fused-ring (bicyclic) bond motifs is 2. The van der Waals surface area contributed by atoms with Crippen LogP contribution in [0.25, 0.3) is 10.9 Å². The van der Waals surface area contributed by atoms with E-state index in [0.717, 1.165) is 41.0 Å². The van der Waals surface area contributed by atoms with Crippen molar-refractivity contribution in [3.05, 3.63) is 50.6 Å². The molecule has 7 nitrogen and oxygen atoms in total. The minimum absolute atomic E-state index is 0. The maximum Gasteiger partial charge on any atom is 0.280 e. The number of nitrogens with zero attached hydrogens (tertiary/aromatic N) is 2. The molecule has 0 radical (unpaired) electrons. The van der Waals surface area contributed by atoms with E-state index in [9.17, 15) is 9.59 Å². The molecule has 1 aliphatic heterocycles. The first-order chi connectivity index (χ1) is 14.3. The predicted molar refractivity (Wildman–Crippen MR) is 124 cm³/mol. The van der Waals surface area contributed by atoms with Crippen LogP contribution < -0.4 is 11.1 Å². The van der Waals surface area contributed by atoms with Crippen LogP contribution in [0.4, 0.5) is 0 Å². The zero-order chi connectivity index (χ0) is 21.0. The summed E-state index contributed by atoms with van der Waals surface area (Å²) in [5.41, 5.74) is 7.61. The summed E-state index contributed by atoms with van der Waals surface area (Å²) < 4.78 is 0. The second-order valence-corrected chi connectivity index (χ2v) is 9.75. The van der Waals surface area contributed by atoms with Crippen LogP contribution in [0.5, 0.6) is 0 Å². The van der Waals surface area contributed by atoms with Crippen LogP contribution in [-0.2, 0) is 13.0 Å². The largest absolute Gasteiger partial charge is 0.352 e. The lowest BCUT2D eigenvalue weighted by Crippen LogP contribution is -2.69. The van der Waals surface area contributed by atoms with E-state index in [0.29, 0.717) is 28.6 Å². The second-order valence-electron chi connectivity index (χ2n) is 8.23. The Kier molecular flexibility index (Phi) is 5.87. The van der Waals surface area contributed by atoms with Gasteiger partial charge in [0.1, 0.15) is 5.54 Å². The number of hydrogen-bond acceptors (Lipinski definition) is 6. The number of rotatable bonds is 4. The third-order valence-electron chi connectivity index (χ3n) is 6.14. The number of aromatic amines is 1. The number of carbonyl (C=O) groups is 2. The zero-order valence-electron chi connectivity index (χ0n) is 16.9. The first-order valence-corrected chi connectivity index (χ1v) is 11.1. The van der Waals surface area contributed by atoms with Gasteiger partial charge in [-0.2, -0.15) is 0 Å². The lowest BCUT2D eigenvalue weighted by Gasteiger charge is -2.45. The highest BCUT2D eigenvalue weighted by Gasteiger charge is 2.51. The summed E-state index contributed by atoms with van der Waals surface area (Å²) in [5.74, 6) is -0.459. The molecule has 1 aliphatic carbocycles. The first kappa shape index (κ1) is 22.2. The second kappa shape index (κ2) is 8.18. The fourth-order valence-electron chi connectivity index (χ4n) is 4.19. The lowest BCUT2D eigenvalue weighted by atomic mass is 9.69. The molecule has 1 amide bonds. The molecular weight excluding hydrogens is 457 g/mol. The lowest BCUT2D eigenvalue weighted by molar-refractivity contribution is 0.0667. The average molecular weight is 480 g/mol. The Hall–Kier alpha value is -1.97. The average Bonchev–Trinajstić information content (AvgIpc) is 3.33. The zero-order valence-corrected chi connectivity index (χ0v) is 19.3. The number of benzene rings is 1. The summed E-state index contributed by atoms with van der Waals surface area (Å²) in [5, 5.41) is 4.85. The minimum atomic E-state index is -1.13. The highest BCUT2D eigenvalue weighted by molar-refractivity contribution is 7.13. The number of amides is 1. The summed E-state index contributed by atoms with van der Waals surface area (Å²) in [4.78, 5) is 37.0. The summed E-state index contributed by atoms with van der Waals surface area (Å²) in [7, 11) is 2.06. The first-order valence-electron chi connectivity index (χ1n) is 9.93. The van der Waals surface area contributed by atoms with Crippen molar-refractivity contribution in [3.8, 4) is 0 Å². The Morgan fingerprint density at radius 3 is 2.94 bits per heavy atom. The molecule has 4 N–H and O–H groups in total. The molecule has 1 aromatic carbocycles. The molecule has 3 aromatic rings. The molecule has 2 unspecified atom stereocenters. The number of H-pyrrole nitrogens is 1. The van der Waals surface area contributed by atoms with Crippen molar-refractivity contribution in [2.45, 2.75) is 37.4 Å². The van der Waals surface area contributed by atoms with E-state index in [2.05, 4.69) is 27.2 Å². The SMILES string of the molecule is CN1CCc2nc(C(=O)NC3CCC3(N)C(=O)c3cc4cc(Cl)ccc4[nH]3)sc2C1.Cl. The Balaban J connectivity index is 0.00000231. The third-order valence-corrected chi connectivity index (χ3v) is 7.46. The molecule has 2 aromatic heterocycles. The molecule has 0 spiro atoms. The number of nitrogens with one attached hydrogen (secondary N) is 2. The number of ketones is 1. The number of nitrogens with two attached hydrogens (primary N) is 1. The smallest absolute Gasteiger partial charge is 0.280 e. The van der Waals surface area contributed by atoms with Gasteiger partial charge in [0.15, 0.2) is 5.01 Å². The highest BCUT2D eigenvalue weighted by atomic mass is 35.5. The number of halogens is 2. The van der Waals surface area contributed by atoms with E-state index >= 15 is 0 Å². The molecule has 164 valence electrons. The van der Waals surface area contributed by atoms with E-state index in [1.54, 1.807) is 18.2 Å². The van der Waals surface area contributed by atoms with Crippen molar-refractivity contribution in [2.75, 3.05) is 13.6 Å². The van der Waals surface area contributed by atoms with Gasteiger partial charge < -0.3 is 20.9 Å². The monoisotopic (exact) mass is 479 g/mol. The minimum Gasteiger partial charge on any atom is -0.352 e. The fraction of sp³-hybridized carbons (Fsp3) is 0.381. The summed E-state index contributed by atoms with van der Waals surface area (Å²) in [6.45, 7) is 1.75. The van der Waals surface area contributed by atoms with Gasteiger partial charge in [-0.3, -0.25) is 9.59 Å². The highest BCUT2D eigenvalue weighted by Crippen LogP contribution is 2.35. The maximum absolute atomic E-state index is 13.2. The molecular formula is C21H23Cl2N5O2S. The van der Waals surface area contributed by atoms with Gasteiger partial charge in [0.2, 0.25) is 5.78 Å². The van der Waals surface area contributed by atoms with Crippen LogP contribution in [0.15, 0.2) is 24.3 Å². The summed E-state index contributed by atoms with van der Waals surface area (Å²) in [6.07, 6.45) is 2.03. The number of Topliss-reactive ketones (excluding diaryl/α,β-unsaturated/α-hetero) is 1. The molecule has 1 fully saturated rings. The molecule has 2 aliphatic rings. The normalized spacial score (nSPS) is 23.0. The topological polar surface area (TPSA) is 104 Å². The molecule has 0 bridgehead atoms. The number of aromatic nitrogens is 2. The van der Waals surface area contributed by atoms with Gasteiger partial charge in [-0.25, -0.2) is 4.98 Å². The molecule has 5 rings (SSSR count). The van der Waals surface area contributed by atoms with Crippen LogP contribution in [0.3, 0.4) is 0 Å². The van der Waals surface area contributed by atoms with E-state index in [1.807, 2.05) is 6.07 Å². The van der Waals surface area contributed by atoms with Crippen molar-refractivity contribution in [1.82, 2.24) is 20.2 Å². The van der Waals surface area contributed by atoms with Crippen LogP contribution in [0, 0.1) is 0 Å². The van der Waals surface area contributed by atoms with Gasteiger partial charge in [-0.05, 0) is 44.2 Å². The summed E-state index contributed by atoms with van der Waals surface area (Å²) in [6, 6.07) is 6.75. The van der Waals surface area contributed by atoms with Gasteiger partial charge in [0.05, 0.1) is 17.4 Å². The Morgan fingerprint density at radius 1 is 1.39 bits per heavy atom. The number of thiazole rings is 1. The molecule has 0 saturated heterocycles. The van der Waals surface area contributed by atoms with Gasteiger partial charge in [-0.1, -0.05) is 11.6 Å². The van der Waals surface area contributed by atoms with E-state index < -0.39 is 11.6 Å². The van der Waals surface area contributed by atoms with E-state index in [1.165, 1.54) is 11.3 Å². The molecule has 31 heavy (non-hydrogen) atoms. The number of carbonyl (C=O) groups excluding carboxylic acids is 2. The van der Waals surface area contributed by atoms with E-state index in [4.69, 9.17) is 17.3 Å². The van der Waals surface area contributed by atoms with Gasteiger partial charge in [0.25, 0.3) is 5.91 Å². The number of likely N-dealkylation sites (N-methyl/N-ethyl adjacent to an activating group) is 1. The van der Waals surface area contributed by atoms with Gasteiger partial charge in [-0.15, -0.1) is 23.7 Å². The van der Waals surface area contributed by atoms with Crippen molar-refractivity contribution in [3.63, 3.8) is 0 Å². The Labute approximate surface area is 194 Å². The molecule has 1 saturated carbocycles. The molecule has 2 atom stereocenters. The number of hydrogen-bond donors (Lipinski definition) is 3. The van der Waals surface area contributed by atoms with Crippen molar-refractivity contribution in [1.29, 1.82) is 0 Å². The van der Waals surface area contributed by atoms with E-state index in [-0.39, 0.29) is 24.1 Å². The van der Waals surface area contributed by atoms with Crippen molar-refractivity contribution < 1.29 is 9.59 Å². The summed E-state index contributed by atoms with van der Waals surface area (Å²) >= 11 is 7.47. The standard InChI is InChI=1S/C21H22ClN5O2S.ClH/c1-27-7-5-14-16(10-27)30-20(25-14)19(29)26-17-4-6-21(17,23)18(28)15-9-11-8-12(22)2-3-13(11)24-15;/h2-3,8-9,17,24H,4-7,10,23H2,1H3,(H,26,29);1H. The van der Waals surface area contributed by atoms with Gasteiger partial charge >= 0.3 is 0 Å². The van der Waals surface area contributed by atoms with Crippen LogP contribution >= 0.6 is 35.3 Å². The third kappa shape index (κ3) is 3.87. The van der Waals surface area contributed by atoms with Crippen molar-refractivity contribution >= 4 is 57.9 Å². The maximum atomic E-state index is 13.2.